The number of ether oxygens (including phenoxy) is 1. The van der Waals surface area contributed by atoms with Crippen molar-refractivity contribution in [2.24, 2.45) is 17.0 Å². The second-order valence-corrected chi connectivity index (χ2v) is 11.4. The van der Waals surface area contributed by atoms with Gasteiger partial charge >= 0.3 is 5.97 Å². The van der Waals surface area contributed by atoms with Crippen molar-refractivity contribution < 1.29 is 14.7 Å². The molecule has 36 heavy (non-hydrogen) atoms. The SMILES string of the molecule is COC(=O)/C(=N\O)c1nc2ccccc2n(C2CC3CCC[C@H](C2)N3C2CC3CCCC(C3)C2)c1=O. The highest BCUT2D eigenvalue weighted by Gasteiger charge is 2.45. The summed E-state index contributed by atoms with van der Waals surface area (Å²) in [6, 6.07) is 9.16. The quantitative estimate of drug-likeness (QED) is 0.296. The fourth-order valence-corrected chi connectivity index (χ4v) is 8.09. The average molecular weight is 493 g/mol. The summed E-state index contributed by atoms with van der Waals surface area (Å²) in [6.07, 6.45) is 13.7. The van der Waals surface area contributed by atoms with E-state index in [1.54, 1.807) is 0 Å². The second kappa shape index (κ2) is 9.61. The highest BCUT2D eigenvalue weighted by molar-refractivity contribution is 6.42. The molecule has 4 bridgehead atoms. The number of para-hydroxylation sites is 2. The zero-order valence-corrected chi connectivity index (χ0v) is 21.0. The van der Waals surface area contributed by atoms with E-state index in [-0.39, 0.29) is 11.7 Å². The number of nitrogens with zero attached hydrogens (tertiary/aromatic N) is 4. The van der Waals surface area contributed by atoms with Crippen molar-refractivity contribution in [2.45, 2.75) is 94.8 Å². The Balaban J connectivity index is 1.37. The predicted octanol–water partition coefficient (Wildman–Crippen LogP) is 4.27. The fourth-order valence-electron chi connectivity index (χ4n) is 8.09. The van der Waals surface area contributed by atoms with Gasteiger partial charge in [-0.3, -0.25) is 9.69 Å². The summed E-state index contributed by atoms with van der Waals surface area (Å²) < 4.78 is 6.58. The van der Waals surface area contributed by atoms with Crippen LogP contribution in [-0.4, -0.2) is 56.6 Å². The summed E-state index contributed by atoms with van der Waals surface area (Å²) in [5.74, 6) is 0.910. The van der Waals surface area contributed by atoms with Crippen LogP contribution in [-0.2, 0) is 9.53 Å². The summed E-state index contributed by atoms with van der Waals surface area (Å²) in [6.45, 7) is 0. The molecule has 3 heterocycles. The molecule has 8 heteroatoms. The predicted molar refractivity (Wildman–Crippen MR) is 136 cm³/mol. The number of fused-ring (bicyclic) bond motifs is 5. The third-order valence-corrected chi connectivity index (χ3v) is 9.39. The number of piperidine rings is 2. The number of benzene rings is 1. The molecule has 4 aliphatic rings. The molecule has 8 nitrogen and oxygen atoms in total. The molecule has 2 saturated heterocycles. The molecule has 2 aliphatic carbocycles. The maximum absolute atomic E-state index is 13.8. The molecule has 1 aromatic carbocycles. The summed E-state index contributed by atoms with van der Waals surface area (Å²) in [4.78, 5) is 33.4. The first kappa shape index (κ1) is 23.6. The van der Waals surface area contributed by atoms with Crippen LogP contribution in [0.3, 0.4) is 0 Å². The molecule has 5 atom stereocenters. The largest absolute Gasteiger partial charge is 0.464 e. The van der Waals surface area contributed by atoms with Crippen LogP contribution in [0.25, 0.3) is 11.0 Å². The molecule has 0 radical (unpaired) electrons. The first-order chi connectivity index (χ1) is 17.6. The van der Waals surface area contributed by atoms with E-state index < -0.39 is 17.2 Å². The van der Waals surface area contributed by atoms with Gasteiger partial charge in [0.15, 0.2) is 5.69 Å². The van der Waals surface area contributed by atoms with E-state index in [1.165, 1.54) is 64.9 Å². The lowest BCUT2D eigenvalue weighted by atomic mass is 9.68. The fraction of sp³-hybridized carbons (Fsp3) is 0.643. The van der Waals surface area contributed by atoms with Gasteiger partial charge in [0.2, 0.25) is 5.71 Å². The zero-order valence-electron chi connectivity index (χ0n) is 21.0. The van der Waals surface area contributed by atoms with Crippen LogP contribution in [0.4, 0.5) is 0 Å². The molecular weight excluding hydrogens is 456 g/mol. The molecule has 2 aliphatic heterocycles. The lowest BCUT2D eigenvalue weighted by Gasteiger charge is -2.55. The Hall–Kier alpha value is -2.74. The van der Waals surface area contributed by atoms with Crippen molar-refractivity contribution in [2.75, 3.05) is 7.11 Å². The van der Waals surface area contributed by atoms with Gasteiger partial charge in [-0.05, 0) is 68.9 Å². The Morgan fingerprint density at radius 3 is 2.28 bits per heavy atom. The van der Waals surface area contributed by atoms with Gasteiger partial charge in [0.1, 0.15) is 0 Å². The molecule has 1 N–H and O–H groups in total. The van der Waals surface area contributed by atoms with Crippen molar-refractivity contribution in [1.29, 1.82) is 0 Å². The van der Waals surface area contributed by atoms with Gasteiger partial charge in [-0.2, -0.15) is 0 Å². The third kappa shape index (κ3) is 4.03. The van der Waals surface area contributed by atoms with Crippen LogP contribution >= 0.6 is 0 Å². The smallest absolute Gasteiger partial charge is 0.362 e. The van der Waals surface area contributed by atoms with E-state index in [0.717, 1.165) is 30.2 Å². The van der Waals surface area contributed by atoms with E-state index >= 15 is 0 Å². The first-order valence-corrected chi connectivity index (χ1v) is 13.7. The molecular formula is C28H36N4O4. The lowest BCUT2D eigenvalue weighted by Crippen LogP contribution is -2.58. The first-order valence-electron chi connectivity index (χ1n) is 13.7. The molecule has 192 valence electrons. The number of aromatic nitrogens is 2. The van der Waals surface area contributed by atoms with E-state index in [4.69, 9.17) is 4.74 Å². The Bertz CT molecular complexity index is 1210. The maximum Gasteiger partial charge on any atom is 0.362 e. The monoisotopic (exact) mass is 492 g/mol. The number of methoxy groups -OCH3 is 1. The van der Waals surface area contributed by atoms with E-state index in [1.807, 2.05) is 28.8 Å². The van der Waals surface area contributed by atoms with Gasteiger partial charge in [0.25, 0.3) is 5.56 Å². The highest BCUT2D eigenvalue weighted by Crippen LogP contribution is 2.47. The summed E-state index contributed by atoms with van der Waals surface area (Å²) in [5.41, 5.74) is 0.363. The number of hydrogen-bond donors (Lipinski definition) is 1. The van der Waals surface area contributed by atoms with Crippen molar-refractivity contribution >= 4 is 22.7 Å². The number of rotatable bonds is 4. The Labute approximate surface area is 211 Å². The number of carbonyl (C=O) groups excluding carboxylic acids is 1. The van der Waals surface area contributed by atoms with Crippen LogP contribution in [0.1, 0.15) is 82.4 Å². The standard InChI is InChI=1S/C28H36N4O4/c1-36-28(34)26(30-35)25-27(33)32(24-11-3-2-10-23(24)29-25)22-15-19-8-5-9-20(16-22)31(19)21-13-17-6-4-7-18(12-17)14-21/h2-3,10-11,17-22,35H,4-9,12-16H2,1H3/b30-26-/t17?,18?,19-,20?,21?,22?/m1/s1. The van der Waals surface area contributed by atoms with Gasteiger partial charge in [0, 0.05) is 24.2 Å². The number of hydrogen-bond acceptors (Lipinski definition) is 7. The minimum atomic E-state index is -0.876. The Kier molecular flexibility index (Phi) is 6.32. The lowest BCUT2D eigenvalue weighted by molar-refractivity contribution is -0.132. The molecule has 2 saturated carbocycles. The van der Waals surface area contributed by atoms with Crippen molar-refractivity contribution in [3.05, 3.63) is 40.3 Å². The molecule has 1 aromatic heterocycles. The normalized spacial score (nSPS) is 32.9. The number of carbonyl (C=O) groups is 1. The number of oxime groups is 1. The average Bonchev–Trinajstić information content (AvgIpc) is 2.88. The van der Waals surface area contributed by atoms with E-state index in [9.17, 15) is 14.8 Å². The van der Waals surface area contributed by atoms with Gasteiger partial charge in [-0.25, -0.2) is 9.78 Å². The Morgan fingerprint density at radius 1 is 0.944 bits per heavy atom. The molecule has 2 aromatic rings. The van der Waals surface area contributed by atoms with Crippen LogP contribution in [0.5, 0.6) is 0 Å². The third-order valence-electron chi connectivity index (χ3n) is 9.39. The van der Waals surface area contributed by atoms with Crippen molar-refractivity contribution in [3.63, 3.8) is 0 Å². The van der Waals surface area contributed by atoms with Crippen LogP contribution in [0.2, 0.25) is 0 Å². The van der Waals surface area contributed by atoms with E-state index in [0.29, 0.717) is 23.6 Å². The molecule has 0 spiro atoms. The second-order valence-electron chi connectivity index (χ2n) is 11.4. The summed E-state index contributed by atoms with van der Waals surface area (Å²) in [7, 11) is 1.20. The van der Waals surface area contributed by atoms with Gasteiger partial charge in [0.05, 0.1) is 18.1 Å². The molecule has 4 fully saturated rings. The van der Waals surface area contributed by atoms with Crippen molar-refractivity contribution in [1.82, 2.24) is 14.5 Å². The van der Waals surface area contributed by atoms with Gasteiger partial charge in [-0.1, -0.05) is 43.0 Å². The zero-order chi connectivity index (χ0) is 24.8. The summed E-state index contributed by atoms with van der Waals surface area (Å²) in [5, 5.41) is 12.6. The Morgan fingerprint density at radius 2 is 1.61 bits per heavy atom. The molecule has 4 unspecified atom stereocenters. The van der Waals surface area contributed by atoms with Crippen LogP contribution in [0, 0.1) is 11.8 Å². The van der Waals surface area contributed by atoms with Crippen molar-refractivity contribution in [3.8, 4) is 0 Å². The molecule has 0 amide bonds. The highest BCUT2D eigenvalue weighted by atomic mass is 16.5. The minimum Gasteiger partial charge on any atom is -0.464 e. The van der Waals surface area contributed by atoms with Crippen LogP contribution < -0.4 is 5.56 Å². The summed E-state index contributed by atoms with van der Waals surface area (Å²) >= 11 is 0. The number of esters is 1. The van der Waals surface area contributed by atoms with Gasteiger partial charge < -0.3 is 14.5 Å². The molecule has 6 rings (SSSR count). The van der Waals surface area contributed by atoms with Crippen LogP contribution in [0.15, 0.2) is 34.2 Å². The van der Waals surface area contributed by atoms with Gasteiger partial charge in [-0.15, -0.1) is 0 Å². The van der Waals surface area contributed by atoms with E-state index in [2.05, 4.69) is 15.0 Å². The maximum atomic E-state index is 13.8. The topological polar surface area (TPSA) is 97.0 Å². The minimum absolute atomic E-state index is 0.0105.